The molecule has 1 spiro atoms. The number of hydrogen-bond donors (Lipinski definition) is 1. The van der Waals surface area contributed by atoms with Crippen LogP contribution in [0.25, 0.3) is 10.8 Å². The number of nitrogens with zero attached hydrogens (tertiary/aromatic N) is 2. The molecule has 6 heteroatoms. The highest BCUT2D eigenvalue weighted by molar-refractivity contribution is 14.0. The Kier molecular flexibility index (Phi) is 7.04. The van der Waals surface area contributed by atoms with E-state index in [9.17, 15) is 0 Å². The smallest absolute Gasteiger partial charge is 0.194 e. The van der Waals surface area contributed by atoms with Crippen molar-refractivity contribution in [1.29, 1.82) is 0 Å². The van der Waals surface area contributed by atoms with Crippen LogP contribution in [-0.4, -0.2) is 50.8 Å². The van der Waals surface area contributed by atoms with Gasteiger partial charge in [0.05, 0.1) is 20.3 Å². The zero-order chi connectivity index (χ0) is 18.7. The Morgan fingerprint density at radius 1 is 1.21 bits per heavy atom. The van der Waals surface area contributed by atoms with Crippen molar-refractivity contribution in [3.05, 3.63) is 42.0 Å². The second-order valence-corrected chi connectivity index (χ2v) is 7.69. The van der Waals surface area contributed by atoms with Crippen LogP contribution < -0.4 is 10.1 Å². The summed E-state index contributed by atoms with van der Waals surface area (Å²) in [6.45, 7) is 7.62. The van der Waals surface area contributed by atoms with Gasteiger partial charge >= 0.3 is 0 Å². The number of fused-ring (bicyclic) bond motifs is 1. The van der Waals surface area contributed by atoms with Crippen molar-refractivity contribution in [2.45, 2.75) is 26.3 Å². The maximum atomic E-state index is 5.66. The van der Waals surface area contributed by atoms with Gasteiger partial charge in [-0.2, -0.15) is 0 Å². The van der Waals surface area contributed by atoms with Crippen LogP contribution >= 0.6 is 24.0 Å². The van der Waals surface area contributed by atoms with Crippen molar-refractivity contribution >= 4 is 40.7 Å². The molecule has 2 aromatic rings. The monoisotopic (exact) mass is 495 g/mol. The quantitative estimate of drug-likeness (QED) is 0.395. The van der Waals surface area contributed by atoms with Crippen molar-refractivity contribution in [3.8, 4) is 5.75 Å². The third kappa shape index (κ3) is 4.54. The normalized spacial score (nSPS) is 21.9. The summed E-state index contributed by atoms with van der Waals surface area (Å²) >= 11 is 0. The number of rotatable bonds is 4. The van der Waals surface area contributed by atoms with Crippen molar-refractivity contribution < 1.29 is 9.47 Å². The number of hydrogen-bond acceptors (Lipinski definition) is 3. The van der Waals surface area contributed by atoms with Gasteiger partial charge in [-0.15, -0.1) is 24.0 Å². The van der Waals surface area contributed by atoms with E-state index in [2.05, 4.69) is 47.5 Å². The molecule has 4 rings (SSSR count). The van der Waals surface area contributed by atoms with Crippen LogP contribution in [0.2, 0.25) is 0 Å². The van der Waals surface area contributed by atoms with Gasteiger partial charge in [0, 0.05) is 31.7 Å². The van der Waals surface area contributed by atoms with Crippen LogP contribution in [0, 0.1) is 5.41 Å². The number of ether oxygens (including phenoxy) is 2. The Balaban J connectivity index is 0.00000225. The minimum Gasteiger partial charge on any atom is -0.497 e. The first-order valence-electron chi connectivity index (χ1n) is 9.89. The lowest BCUT2D eigenvalue weighted by Gasteiger charge is -2.25. The fourth-order valence-electron chi connectivity index (χ4n) is 4.18. The summed E-state index contributed by atoms with van der Waals surface area (Å²) in [4.78, 5) is 7.33. The summed E-state index contributed by atoms with van der Waals surface area (Å²) in [7, 11) is 1.70. The fraction of sp³-hybridized carbons (Fsp3) is 0.500. The predicted octanol–water partition coefficient (Wildman–Crippen LogP) is 4.04. The first-order valence-corrected chi connectivity index (χ1v) is 9.89. The average molecular weight is 495 g/mol. The van der Waals surface area contributed by atoms with E-state index >= 15 is 0 Å². The summed E-state index contributed by atoms with van der Waals surface area (Å²) in [5.41, 5.74) is 1.57. The van der Waals surface area contributed by atoms with Gasteiger partial charge in [-0.05, 0) is 54.3 Å². The molecule has 0 amide bonds. The molecule has 28 heavy (non-hydrogen) atoms. The van der Waals surface area contributed by atoms with Crippen LogP contribution in [-0.2, 0) is 11.3 Å². The third-order valence-corrected chi connectivity index (χ3v) is 5.78. The molecule has 2 aromatic carbocycles. The van der Waals surface area contributed by atoms with Crippen molar-refractivity contribution in [1.82, 2.24) is 10.2 Å². The Labute approximate surface area is 184 Å². The van der Waals surface area contributed by atoms with E-state index < -0.39 is 0 Å². The van der Waals surface area contributed by atoms with E-state index in [4.69, 9.17) is 14.5 Å². The summed E-state index contributed by atoms with van der Waals surface area (Å²) in [5.74, 6) is 1.91. The van der Waals surface area contributed by atoms with Crippen LogP contribution in [0.4, 0.5) is 0 Å². The minimum atomic E-state index is 0. The van der Waals surface area contributed by atoms with E-state index in [1.165, 1.54) is 29.2 Å². The molecule has 2 aliphatic heterocycles. The van der Waals surface area contributed by atoms with Gasteiger partial charge in [-0.3, -0.25) is 0 Å². The van der Waals surface area contributed by atoms with E-state index in [-0.39, 0.29) is 24.0 Å². The molecule has 1 atom stereocenters. The van der Waals surface area contributed by atoms with E-state index in [0.717, 1.165) is 44.6 Å². The molecule has 0 aromatic heterocycles. The van der Waals surface area contributed by atoms with Crippen LogP contribution in [0.5, 0.6) is 5.75 Å². The molecule has 1 N–H and O–H groups in total. The molecule has 2 aliphatic rings. The summed E-state index contributed by atoms with van der Waals surface area (Å²) in [6.07, 6.45) is 2.38. The molecule has 0 bridgehead atoms. The summed E-state index contributed by atoms with van der Waals surface area (Å²) in [6, 6.07) is 12.7. The Morgan fingerprint density at radius 3 is 2.79 bits per heavy atom. The lowest BCUT2D eigenvalue weighted by atomic mass is 9.87. The van der Waals surface area contributed by atoms with E-state index in [0.29, 0.717) is 12.0 Å². The standard InChI is InChI=1S/C22H29N3O2.HI/c1-3-23-21(25-10-8-22(15-25)9-11-27-16-22)24-14-17-4-5-19-13-20(26-2)7-6-18(19)12-17;/h4-7,12-13H,3,8-11,14-16H2,1-2H3,(H,23,24);1H. The summed E-state index contributed by atoms with van der Waals surface area (Å²) < 4.78 is 11.0. The van der Waals surface area contributed by atoms with Crippen molar-refractivity contribution in [2.75, 3.05) is 40.0 Å². The zero-order valence-electron chi connectivity index (χ0n) is 16.7. The van der Waals surface area contributed by atoms with Crippen LogP contribution in [0.1, 0.15) is 25.3 Å². The molecule has 2 saturated heterocycles. The molecule has 2 fully saturated rings. The second-order valence-electron chi connectivity index (χ2n) is 7.69. The molecule has 5 nitrogen and oxygen atoms in total. The number of benzene rings is 2. The van der Waals surface area contributed by atoms with Gasteiger partial charge in [-0.1, -0.05) is 18.2 Å². The Bertz CT molecular complexity index is 834. The number of guanidine groups is 1. The van der Waals surface area contributed by atoms with Gasteiger partial charge in [0.25, 0.3) is 0 Å². The first kappa shape index (κ1) is 21.2. The molecular weight excluding hydrogens is 465 g/mol. The van der Waals surface area contributed by atoms with Crippen molar-refractivity contribution in [2.24, 2.45) is 10.4 Å². The number of aliphatic imine (C=N–C) groups is 1. The maximum Gasteiger partial charge on any atom is 0.194 e. The Hall–Kier alpha value is -1.54. The van der Waals surface area contributed by atoms with E-state index in [1.807, 2.05) is 6.07 Å². The largest absolute Gasteiger partial charge is 0.497 e. The third-order valence-electron chi connectivity index (χ3n) is 5.78. The van der Waals surface area contributed by atoms with Crippen LogP contribution in [0.15, 0.2) is 41.4 Å². The van der Waals surface area contributed by atoms with Crippen molar-refractivity contribution in [3.63, 3.8) is 0 Å². The molecule has 0 saturated carbocycles. The number of nitrogens with one attached hydrogen (secondary N) is 1. The van der Waals surface area contributed by atoms with E-state index in [1.54, 1.807) is 7.11 Å². The molecule has 0 aliphatic carbocycles. The number of methoxy groups -OCH3 is 1. The fourth-order valence-corrected chi connectivity index (χ4v) is 4.18. The highest BCUT2D eigenvalue weighted by Crippen LogP contribution is 2.38. The molecule has 152 valence electrons. The second kappa shape index (κ2) is 9.31. The SMILES string of the molecule is CCNC(=NCc1ccc2cc(OC)ccc2c1)N1CCC2(CCOC2)C1.I. The van der Waals surface area contributed by atoms with Gasteiger partial charge in [-0.25, -0.2) is 4.99 Å². The van der Waals surface area contributed by atoms with Crippen LogP contribution in [0.3, 0.4) is 0 Å². The Morgan fingerprint density at radius 2 is 2.04 bits per heavy atom. The molecule has 0 radical (unpaired) electrons. The molecular formula is C22H30IN3O2. The average Bonchev–Trinajstić information content (AvgIpc) is 3.34. The highest BCUT2D eigenvalue weighted by atomic mass is 127. The van der Waals surface area contributed by atoms with Gasteiger partial charge in [0.15, 0.2) is 5.96 Å². The lowest BCUT2D eigenvalue weighted by Crippen LogP contribution is -2.41. The predicted molar refractivity (Wildman–Crippen MR) is 125 cm³/mol. The van der Waals surface area contributed by atoms with Gasteiger partial charge in [0.1, 0.15) is 5.75 Å². The first-order chi connectivity index (χ1) is 13.2. The molecule has 1 unspecified atom stereocenters. The topological polar surface area (TPSA) is 46.1 Å². The maximum absolute atomic E-state index is 5.66. The van der Waals surface area contributed by atoms with Gasteiger partial charge in [0.2, 0.25) is 0 Å². The summed E-state index contributed by atoms with van der Waals surface area (Å²) in [5, 5.41) is 5.88. The molecule has 2 heterocycles. The highest BCUT2D eigenvalue weighted by Gasteiger charge is 2.42. The number of likely N-dealkylation sites (tertiary alicyclic amines) is 1. The zero-order valence-corrected chi connectivity index (χ0v) is 19.1. The minimum absolute atomic E-state index is 0. The lowest BCUT2D eigenvalue weighted by molar-refractivity contribution is 0.156. The van der Waals surface area contributed by atoms with Gasteiger partial charge < -0.3 is 19.7 Å². The number of halogens is 1.